The summed E-state index contributed by atoms with van der Waals surface area (Å²) >= 11 is 0. The van der Waals surface area contributed by atoms with E-state index in [9.17, 15) is 0 Å². The van der Waals surface area contributed by atoms with E-state index in [0.717, 1.165) is 32.5 Å². The van der Waals surface area contributed by atoms with Gasteiger partial charge in [0, 0.05) is 12.5 Å². The number of nitrogens with zero attached hydrogens (tertiary/aromatic N) is 1. The van der Waals surface area contributed by atoms with Crippen molar-refractivity contribution in [1.29, 1.82) is 5.26 Å². The summed E-state index contributed by atoms with van der Waals surface area (Å²) in [6.45, 7) is 3.87. The minimum Gasteiger partial charge on any atom is -0.381 e. The standard InChI is InChI=1S/C11H17NO2/c1-11(9-4-7-13-8-9)5-2-10(14-11)3-6-12/h9-10H,2-5,7-8H2,1H3. The fraction of sp³-hybridized carbons (Fsp3) is 0.909. The maximum absolute atomic E-state index is 8.61. The molecule has 3 nitrogen and oxygen atoms in total. The van der Waals surface area contributed by atoms with Crippen LogP contribution in [0.3, 0.4) is 0 Å². The third-order valence-electron chi connectivity index (χ3n) is 3.51. The Bertz CT molecular complexity index is 242. The lowest BCUT2D eigenvalue weighted by Gasteiger charge is -2.30. The highest BCUT2D eigenvalue weighted by molar-refractivity contribution is 4.94. The molecule has 2 aliphatic heterocycles. The second kappa shape index (κ2) is 3.88. The van der Waals surface area contributed by atoms with Gasteiger partial charge in [-0.05, 0) is 26.2 Å². The summed E-state index contributed by atoms with van der Waals surface area (Å²) in [5.74, 6) is 0.534. The fourth-order valence-corrected chi connectivity index (χ4v) is 2.51. The van der Waals surface area contributed by atoms with E-state index in [1.165, 1.54) is 0 Å². The summed E-state index contributed by atoms with van der Waals surface area (Å²) in [6, 6.07) is 2.18. The van der Waals surface area contributed by atoms with Gasteiger partial charge in [0.1, 0.15) is 0 Å². The van der Waals surface area contributed by atoms with E-state index in [-0.39, 0.29) is 11.7 Å². The molecule has 78 valence electrons. The minimum atomic E-state index is -0.0297. The molecule has 2 aliphatic rings. The van der Waals surface area contributed by atoms with Gasteiger partial charge in [-0.15, -0.1) is 0 Å². The maximum Gasteiger partial charge on any atom is 0.0713 e. The molecule has 0 aromatic carbocycles. The van der Waals surface area contributed by atoms with Gasteiger partial charge in [0.25, 0.3) is 0 Å². The van der Waals surface area contributed by atoms with Gasteiger partial charge in [0.05, 0.1) is 30.8 Å². The van der Waals surface area contributed by atoms with Gasteiger partial charge in [0.15, 0.2) is 0 Å². The molecule has 2 fully saturated rings. The summed E-state index contributed by atoms with van der Waals surface area (Å²) < 4.78 is 11.4. The van der Waals surface area contributed by atoms with Crippen LogP contribution in [-0.4, -0.2) is 24.9 Å². The predicted molar refractivity (Wildman–Crippen MR) is 51.7 cm³/mol. The van der Waals surface area contributed by atoms with Crippen molar-refractivity contribution < 1.29 is 9.47 Å². The second-order valence-electron chi connectivity index (χ2n) is 4.51. The molecule has 2 heterocycles. The number of nitriles is 1. The SMILES string of the molecule is CC1(C2CCOC2)CCC(CC#N)O1. The van der Waals surface area contributed by atoms with Gasteiger partial charge in [-0.3, -0.25) is 0 Å². The van der Waals surface area contributed by atoms with Crippen LogP contribution in [0.25, 0.3) is 0 Å². The Balaban J connectivity index is 1.94. The van der Waals surface area contributed by atoms with Crippen molar-refractivity contribution in [2.45, 2.75) is 44.3 Å². The van der Waals surface area contributed by atoms with Crippen LogP contribution in [0.15, 0.2) is 0 Å². The lowest BCUT2D eigenvalue weighted by atomic mass is 9.86. The summed E-state index contributed by atoms with van der Waals surface area (Å²) in [5.41, 5.74) is -0.0297. The van der Waals surface area contributed by atoms with Crippen LogP contribution < -0.4 is 0 Å². The molecule has 0 N–H and O–H groups in total. The Hall–Kier alpha value is -0.590. The largest absolute Gasteiger partial charge is 0.381 e. The lowest BCUT2D eigenvalue weighted by Crippen LogP contribution is -2.35. The van der Waals surface area contributed by atoms with Gasteiger partial charge in [-0.1, -0.05) is 0 Å². The van der Waals surface area contributed by atoms with E-state index in [4.69, 9.17) is 14.7 Å². The molecule has 0 bridgehead atoms. The van der Waals surface area contributed by atoms with E-state index in [0.29, 0.717) is 12.3 Å². The second-order valence-corrected chi connectivity index (χ2v) is 4.51. The van der Waals surface area contributed by atoms with Crippen LogP contribution in [0, 0.1) is 17.2 Å². The van der Waals surface area contributed by atoms with Gasteiger partial charge in [0.2, 0.25) is 0 Å². The summed E-state index contributed by atoms with van der Waals surface area (Å²) in [7, 11) is 0. The van der Waals surface area contributed by atoms with Crippen LogP contribution >= 0.6 is 0 Å². The van der Waals surface area contributed by atoms with E-state index >= 15 is 0 Å². The first kappa shape index (κ1) is 9.95. The molecule has 2 rings (SSSR count). The maximum atomic E-state index is 8.61. The molecule has 14 heavy (non-hydrogen) atoms. The molecule has 0 spiro atoms. The topological polar surface area (TPSA) is 42.2 Å². The monoisotopic (exact) mass is 195 g/mol. The highest BCUT2D eigenvalue weighted by Crippen LogP contribution is 2.40. The van der Waals surface area contributed by atoms with Gasteiger partial charge >= 0.3 is 0 Å². The van der Waals surface area contributed by atoms with Crippen LogP contribution in [0.1, 0.15) is 32.6 Å². The van der Waals surface area contributed by atoms with E-state index in [2.05, 4.69) is 13.0 Å². The predicted octanol–water partition coefficient (Wildman–Crippen LogP) is 1.87. The summed E-state index contributed by atoms with van der Waals surface area (Å²) in [5, 5.41) is 8.61. The Morgan fingerprint density at radius 3 is 3.00 bits per heavy atom. The molecule has 0 aliphatic carbocycles. The van der Waals surface area contributed by atoms with Crippen LogP contribution in [0.4, 0.5) is 0 Å². The van der Waals surface area contributed by atoms with Crippen molar-refractivity contribution in [1.82, 2.24) is 0 Å². The third-order valence-corrected chi connectivity index (χ3v) is 3.51. The Labute approximate surface area is 85.0 Å². The number of hydrogen-bond donors (Lipinski definition) is 0. The summed E-state index contributed by atoms with van der Waals surface area (Å²) in [4.78, 5) is 0. The third kappa shape index (κ3) is 1.77. The Morgan fingerprint density at radius 1 is 1.50 bits per heavy atom. The molecule has 2 saturated heterocycles. The van der Waals surface area contributed by atoms with Gasteiger partial charge < -0.3 is 9.47 Å². The molecule has 0 aromatic rings. The van der Waals surface area contributed by atoms with Crippen molar-refractivity contribution in [3.8, 4) is 6.07 Å². The number of ether oxygens (including phenoxy) is 2. The zero-order valence-corrected chi connectivity index (χ0v) is 8.66. The van der Waals surface area contributed by atoms with Crippen molar-refractivity contribution in [3.05, 3.63) is 0 Å². The number of rotatable bonds is 2. The Kier molecular flexibility index (Phi) is 2.76. The van der Waals surface area contributed by atoms with Crippen molar-refractivity contribution in [3.63, 3.8) is 0 Å². The lowest BCUT2D eigenvalue weighted by molar-refractivity contribution is -0.0663. The van der Waals surface area contributed by atoms with Crippen LogP contribution in [0.5, 0.6) is 0 Å². The van der Waals surface area contributed by atoms with Crippen LogP contribution in [0.2, 0.25) is 0 Å². The molecule has 0 saturated carbocycles. The molecule has 3 heteroatoms. The van der Waals surface area contributed by atoms with E-state index in [1.807, 2.05) is 0 Å². The first-order valence-electron chi connectivity index (χ1n) is 5.37. The Morgan fingerprint density at radius 2 is 2.36 bits per heavy atom. The van der Waals surface area contributed by atoms with E-state index in [1.54, 1.807) is 0 Å². The molecule has 0 aromatic heterocycles. The van der Waals surface area contributed by atoms with Gasteiger partial charge in [-0.25, -0.2) is 0 Å². The zero-order chi connectivity index (χ0) is 10.0. The molecule has 0 amide bonds. The summed E-state index contributed by atoms with van der Waals surface area (Å²) in [6.07, 6.45) is 3.90. The smallest absolute Gasteiger partial charge is 0.0713 e. The average molecular weight is 195 g/mol. The quantitative estimate of drug-likeness (QED) is 0.675. The highest BCUT2D eigenvalue weighted by Gasteiger charge is 2.43. The van der Waals surface area contributed by atoms with Gasteiger partial charge in [-0.2, -0.15) is 5.26 Å². The molecule has 0 radical (unpaired) electrons. The molecule has 3 atom stereocenters. The van der Waals surface area contributed by atoms with Crippen molar-refractivity contribution in [2.75, 3.05) is 13.2 Å². The first-order valence-corrected chi connectivity index (χ1v) is 5.37. The van der Waals surface area contributed by atoms with Crippen molar-refractivity contribution >= 4 is 0 Å². The molecular formula is C11H17NO2. The van der Waals surface area contributed by atoms with Crippen molar-refractivity contribution in [2.24, 2.45) is 5.92 Å². The van der Waals surface area contributed by atoms with Crippen LogP contribution in [-0.2, 0) is 9.47 Å². The van der Waals surface area contributed by atoms with E-state index < -0.39 is 0 Å². The average Bonchev–Trinajstić information content (AvgIpc) is 2.75. The fourth-order valence-electron chi connectivity index (χ4n) is 2.51. The molecule has 3 unspecified atom stereocenters. The normalized spacial score (nSPS) is 42.6. The highest BCUT2D eigenvalue weighted by atomic mass is 16.5. The number of hydrogen-bond acceptors (Lipinski definition) is 3. The molecular weight excluding hydrogens is 178 g/mol. The zero-order valence-electron chi connectivity index (χ0n) is 8.66. The first-order chi connectivity index (χ1) is 6.74. The minimum absolute atomic E-state index is 0.0297.